The summed E-state index contributed by atoms with van der Waals surface area (Å²) in [5, 5.41) is 7.44. The summed E-state index contributed by atoms with van der Waals surface area (Å²) in [7, 11) is 1.26. The number of hydrogen-bond donors (Lipinski definition) is 0. The van der Waals surface area contributed by atoms with Gasteiger partial charge in [-0.25, -0.2) is 13.9 Å². The number of rotatable bonds is 4. The molecule has 0 aliphatic carbocycles. The van der Waals surface area contributed by atoms with E-state index in [2.05, 4.69) is 19.9 Å². The molecule has 25 heavy (non-hydrogen) atoms. The van der Waals surface area contributed by atoms with Crippen LogP contribution < -0.4 is 4.90 Å². The first-order valence-electron chi connectivity index (χ1n) is 7.83. The fourth-order valence-corrected chi connectivity index (χ4v) is 2.68. The summed E-state index contributed by atoms with van der Waals surface area (Å²) < 4.78 is 18.9. The van der Waals surface area contributed by atoms with Crippen molar-refractivity contribution in [3.63, 3.8) is 0 Å². The van der Waals surface area contributed by atoms with Crippen molar-refractivity contribution in [3.05, 3.63) is 42.0 Å². The Kier molecular flexibility index (Phi) is 4.92. The molecule has 9 heteroatoms. The largest absolute Gasteiger partial charge is 0.464 e. The van der Waals surface area contributed by atoms with Gasteiger partial charge in [-0.05, 0) is 24.3 Å². The summed E-state index contributed by atoms with van der Waals surface area (Å²) in [4.78, 5) is 27.5. The normalized spacial score (nSPS) is 14.5. The monoisotopic (exact) mass is 347 g/mol. The summed E-state index contributed by atoms with van der Waals surface area (Å²) in [6.45, 7) is 2.48. The molecule has 3 rings (SSSR count). The third-order valence-corrected chi connectivity index (χ3v) is 4.05. The van der Waals surface area contributed by atoms with Crippen molar-refractivity contribution in [2.24, 2.45) is 0 Å². The van der Waals surface area contributed by atoms with Gasteiger partial charge in [0.2, 0.25) is 5.91 Å². The van der Waals surface area contributed by atoms with E-state index in [1.807, 2.05) is 0 Å². The zero-order valence-electron chi connectivity index (χ0n) is 13.8. The zero-order chi connectivity index (χ0) is 17.8. The molecular weight excluding hydrogens is 329 g/mol. The fourth-order valence-electron chi connectivity index (χ4n) is 2.68. The molecule has 0 spiro atoms. The van der Waals surface area contributed by atoms with E-state index in [-0.39, 0.29) is 24.0 Å². The topological polar surface area (TPSA) is 80.6 Å². The van der Waals surface area contributed by atoms with E-state index in [9.17, 15) is 14.0 Å². The van der Waals surface area contributed by atoms with Crippen molar-refractivity contribution in [1.82, 2.24) is 19.9 Å². The predicted molar refractivity (Wildman–Crippen MR) is 86.6 cm³/mol. The van der Waals surface area contributed by atoms with E-state index >= 15 is 0 Å². The van der Waals surface area contributed by atoms with Gasteiger partial charge in [-0.1, -0.05) is 5.21 Å². The lowest BCUT2D eigenvalue weighted by Gasteiger charge is -2.36. The number of ether oxygens (including phenoxy) is 1. The molecule has 1 aliphatic heterocycles. The number of methoxy groups -OCH3 is 1. The standard InChI is InChI=1S/C16H18FN5O3/c1-25-16(24)14-10-22(19-18-14)11-15(23)21-8-6-20(7-9-21)13-4-2-12(17)3-5-13/h2-5,10H,6-9,11H2,1H3. The molecule has 132 valence electrons. The van der Waals surface area contributed by atoms with Gasteiger partial charge in [-0.3, -0.25) is 4.79 Å². The molecule has 2 heterocycles. The molecule has 1 aromatic heterocycles. The van der Waals surface area contributed by atoms with Crippen LogP contribution in [-0.2, 0) is 16.1 Å². The average molecular weight is 347 g/mol. The lowest BCUT2D eigenvalue weighted by molar-refractivity contribution is -0.132. The van der Waals surface area contributed by atoms with Crippen LogP contribution in [0.4, 0.5) is 10.1 Å². The molecule has 1 fully saturated rings. The maximum atomic E-state index is 13.0. The molecular formula is C16H18FN5O3. The third kappa shape index (κ3) is 3.93. The highest BCUT2D eigenvalue weighted by atomic mass is 19.1. The first-order valence-corrected chi connectivity index (χ1v) is 7.83. The van der Waals surface area contributed by atoms with E-state index in [0.29, 0.717) is 26.2 Å². The number of hydrogen-bond acceptors (Lipinski definition) is 6. The second-order valence-electron chi connectivity index (χ2n) is 5.64. The molecule has 1 aliphatic rings. The number of aromatic nitrogens is 3. The van der Waals surface area contributed by atoms with E-state index in [1.54, 1.807) is 17.0 Å². The third-order valence-electron chi connectivity index (χ3n) is 4.05. The number of benzene rings is 1. The Balaban J connectivity index is 1.54. The van der Waals surface area contributed by atoms with Gasteiger partial charge in [-0.15, -0.1) is 5.10 Å². The minimum Gasteiger partial charge on any atom is -0.464 e. The van der Waals surface area contributed by atoms with Crippen LogP contribution in [0.5, 0.6) is 0 Å². The van der Waals surface area contributed by atoms with Gasteiger partial charge in [0.05, 0.1) is 13.3 Å². The Morgan fingerprint density at radius 1 is 1.16 bits per heavy atom. The Labute approximate surface area is 143 Å². The molecule has 0 saturated carbocycles. The summed E-state index contributed by atoms with van der Waals surface area (Å²) in [6, 6.07) is 6.32. The quantitative estimate of drug-likeness (QED) is 0.752. The summed E-state index contributed by atoms with van der Waals surface area (Å²) in [6.07, 6.45) is 1.39. The highest BCUT2D eigenvalue weighted by Gasteiger charge is 2.22. The lowest BCUT2D eigenvalue weighted by Crippen LogP contribution is -2.49. The van der Waals surface area contributed by atoms with Crippen LogP contribution in [0.2, 0.25) is 0 Å². The second kappa shape index (κ2) is 7.29. The average Bonchev–Trinajstić information content (AvgIpc) is 3.10. The number of carbonyl (C=O) groups is 2. The first kappa shape index (κ1) is 16.9. The van der Waals surface area contributed by atoms with E-state index in [4.69, 9.17) is 0 Å². The molecule has 0 unspecified atom stereocenters. The van der Waals surface area contributed by atoms with Gasteiger partial charge >= 0.3 is 5.97 Å². The van der Waals surface area contributed by atoms with Crippen molar-refractivity contribution in [2.45, 2.75) is 6.54 Å². The Morgan fingerprint density at radius 2 is 1.84 bits per heavy atom. The van der Waals surface area contributed by atoms with E-state index < -0.39 is 5.97 Å². The summed E-state index contributed by atoms with van der Waals surface area (Å²) in [5.41, 5.74) is 1.00. The number of piperazine rings is 1. The minimum absolute atomic E-state index is 0.0144. The van der Waals surface area contributed by atoms with Crippen LogP contribution in [-0.4, -0.2) is 65.1 Å². The second-order valence-corrected chi connectivity index (χ2v) is 5.64. The number of nitrogens with zero attached hydrogens (tertiary/aromatic N) is 5. The predicted octanol–water partition coefficient (Wildman–Crippen LogP) is 0.553. The lowest BCUT2D eigenvalue weighted by atomic mass is 10.2. The van der Waals surface area contributed by atoms with Gasteiger partial charge in [0.25, 0.3) is 0 Å². The van der Waals surface area contributed by atoms with Crippen LogP contribution >= 0.6 is 0 Å². The number of halogens is 1. The molecule has 0 bridgehead atoms. The Hall–Kier alpha value is -2.97. The summed E-state index contributed by atoms with van der Waals surface area (Å²) in [5.74, 6) is -0.955. The van der Waals surface area contributed by atoms with Crippen LogP contribution in [0, 0.1) is 5.82 Å². The van der Waals surface area contributed by atoms with E-state index in [1.165, 1.54) is 30.1 Å². The molecule has 1 saturated heterocycles. The van der Waals surface area contributed by atoms with Gasteiger partial charge in [0.1, 0.15) is 12.4 Å². The van der Waals surface area contributed by atoms with Crippen molar-refractivity contribution in [3.8, 4) is 0 Å². The maximum Gasteiger partial charge on any atom is 0.360 e. The molecule has 1 aromatic carbocycles. The minimum atomic E-state index is -0.591. The molecule has 1 amide bonds. The fraction of sp³-hybridized carbons (Fsp3) is 0.375. The van der Waals surface area contributed by atoms with Gasteiger partial charge in [0.15, 0.2) is 5.69 Å². The van der Waals surface area contributed by atoms with Gasteiger partial charge in [-0.2, -0.15) is 0 Å². The van der Waals surface area contributed by atoms with Crippen molar-refractivity contribution in [1.29, 1.82) is 0 Å². The Bertz CT molecular complexity index is 753. The maximum absolute atomic E-state index is 13.0. The molecule has 2 aromatic rings. The van der Waals surface area contributed by atoms with Gasteiger partial charge < -0.3 is 14.5 Å². The molecule has 0 N–H and O–H groups in total. The smallest absolute Gasteiger partial charge is 0.360 e. The number of amides is 1. The van der Waals surface area contributed by atoms with Crippen molar-refractivity contribution >= 4 is 17.6 Å². The number of anilines is 1. The van der Waals surface area contributed by atoms with Crippen LogP contribution in [0.25, 0.3) is 0 Å². The summed E-state index contributed by atoms with van der Waals surface area (Å²) >= 11 is 0. The number of carbonyl (C=O) groups excluding carboxylic acids is 2. The van der Waals surface area contributed by atoms with Gasteiger partial charge in [0, 0.05) is 31.9 Å². The Morgan fingerprint density at radius 3 is 2.48 bits per heavy atom. The van der Waals surface area contributed by atoms with Crippen molar-refractivity contribution in [2.75, 3.05) is 38.2 Å². The zero-order valence-corrected chi connectivity index (χ0v) is 13.8. The van der Waals surface area contributed by atoms with Crippen LogP contribution in [0.3, 0.4) is 0 Å². The highest BCUT2D eigenvalue weighted by molar-refractivity contribution is 5.86. The number of esters is 1. The molecule has 8 nitrogen and oxygen atoms in total. The van der Waals surface area contributed by atoms with E-state index in [0.717, 1.165) is 5.69 Å². The highest BCUT2D eigenvalue weighted by Crippen LogP contribution is 2.17. The molecule has 0 radical (unpaired) electrons. The van der Waals surface area contributed by atoms with Crippen LogP contribution in [0.1, 0.15) is 10.5 Å². The van der Waals surface area contributed by atoms with Crippen molar-refractivity contribution < 1.29 is 18.7 Å². The first-order chi connectivity index (χ1) is 12.1. The molecule has 0 atom stereocenters. The van der Waals surface area contributed by atoms with Crippen LogP contribution in [0.15, 0.2) is 30.5 Å². The SMILES string of the molecule is COC(=O)c1cn(CC(=O)N2CCN(c3ccc(F)cc3)CC2)nn1.